The summed E-state index contributed by atoms with van der Waals surface area (Å²) in [6.07, 6.45) is 3.19. The monoisotopic (exact) mass is 293 g/mol. The lowest BCUT2D eigenvalue weighted by Gasteiger charge is -2.14. The molecule has 3 nitrogen and oxygen atoms in total. The third kappa shape index (κ3) is 3.49. The molecule has 3 N–H and O–H groups in total. The molecule has 0 aliphatic rings. The molecule has 0 aliphatic carbocycles. The maximum absolute atomic E-state index is 5.82. The molecule has 2 aromatic carbocycles. The number of nitrogens with two attached hydrogens (primary N) is 1. The molecule has 0 radical (unpaired) electrons. The minimum absolute atomic E-state index is 0.472. The van der Waals surface area contributed by atoms with E-state index in [0.29, 0.717) is 6.04 Å². The van der Waals surface area contributed by atoms with Gasteiger partial charge in [0.2, 0.25) is 0 Å². The molecule has 0 fully saturated rings. The van der Waals surface area contributed by atoms with Crippen LogP contribution in [0.1, 0.15) is 12.5 Å². The number of hydrogen-bond acceptors (Lipinski definition) is 2. The Morgan fingerprint density at radius 1 is 1.09 bits per heavy atom. The SMILES string of the molecule is CC(Cc1ccccc1)NCCn1ccc2cc(N)ccc21. The minimum atomic E-state index is 0.472. The van der Waals surface area contributed by atoms with Crippen LogP contribution in [0.2, 0.25) is 0 Å². The predicted molar refractivity (Wildman–Crippen MR) is 94.0 cm³/mol. The maximum Gasteiger partial charge on any atom is 0.0482 e. The maximum atomic E-state index is 5.82. The Bertz CT molecular complexity index is 731. The summed E-state index contributed by atoms with van der Waals surface area (Å²) in [4.78, 5) is 0. The summed E-state index contributed by atoms with van der Waals surface area (Å²) < 4.78 is 2.27. The summed E-state index contributed by atoms with van der Waals surface area (Å²) in [5.41, 5.74) is 9.27. The number of rotatable bonds is 6. The number of fused-ring (bicyclic) bond motifs is 1. The van der Waals surface area contributed by atoms with Crippen molar-refractivity contribution < 1.29 is 0 Å². The molecule has 114 valence electrons. The van der Waals surface area contributed by atoms with Crippen molar-refractivity contribution >= 4 is 16.6 Å². The van der Waals surface area contributed by atoms with Crippen LogP contribution in [-0.2, 0) is 13.0 Å². The van der Waals surface area contributed by atoms with Gasteiger partial charge in [-0.25, -0.2) is 0 Å². The minimum Gasteiger partial charge on any atom is -0.399 e. The van der Waals surface area contributed by atoms with Gasteiger partial charge in [0, 0.05) is 41.9 Å². The van der Waals surface area contributed by atoms with E-state index in [1.165, 1.54) is 16.5 Å². The quantitative estimate of drug-likeness (QED) is 0.684. The van der Waals surface area contributed by atoms with Crippen molar-refractivity contribution in [2.75, 3.05) is 12.3 Å². The third-order valence-electron chi connectivity index (χ3n) is 4.03. The first kappa shape index (κ1) is 14.7. The Balaban J connectivity index is 1.54. The fourth-order valence-electron chi connectivity index (χ4n) is 2.88. The predicted octanol–water partition coefficient (Wildman–Crippen LogP) is 3.44. The van der Waals surface area contributed by atoms with Crippen LogP contribution in [0.3, 0.4) is 0 Å². The zero-order chi connectivity index (χ0) is 15.4. The summed E-state index contributed by atoms with van der Waals surface area (Å²) in [6, 6.07) is 19.3. The number of nitrogen functional groups attached to an aromatic ring is 1. The largest absolute Gasteiger partial charge is 0.399 e. The number of nitrogens with zero attached hydrogens (tertiary/aromatic N) is 1. The van der Waals surface area contributed by atoms with Gasteiger partial charge in [-0.05, 0) is 43.2 Å². The van der Waals surface area contributed by atoms with Crippen molar-refractivity contribution in [2.45, 2.75) is 25.9 Å². The number of aromatic nitrogens is 1. The normalized spacial score (nSPS) is 12.6. The Morgan fingerprint density at radius 2 is 1.91 bits per heavy atom. The Hall–Kier alpha value is -2.26. The van der Waals surface area contributed by atoms with E-state index >= 15 is 0 Å². The van der Waals surface area contributed by atoms with Gasteiger partial charge < -0.3 is 15.6 Å². The highest BCUT2D eigenvalue weighted by Gasteiger charge is 2.04. The van der Waals surface area contributed by atoms with E-state index < -0.39 is 0 Å². The van der Waals surface area contributed by atoms with Crippen LogP contribution in [0, 0.1) is 0 Å². The topological polar surface area (TPSA) is 43.0 Å². The summed E-state index contributed by atoms with van der Waals surface area (Å²) in [7, 11) is 0. The molecule has 3 heteroatoms. The zero-order valence-corrected chi connectivity index (χ0v) is 13.0. The number of nitrogens with one attached hydrogen (secondary N) is 1. The number of benzene rings is 2. The zero-order valence-electron chi connectivity index (χ0n) is 13.0. The Kier molecular flexibility index (Phi) is 4.45. The molecular weight excluding hydrogens is 270 g/mol. The van der Waals surface area contributed by atoms with Crippen LogP contribution >= 0.6 is 0 Å². The molecule has 3 aromatic rings. The lowest BCUT2D eigenvalue weighted by atomic mass is 10.1. The van der Waals surface area contributed by atoms with E-state index in [1.54, 1.807) is 0 Å². The summed E-state index contributed by atoms with van der Waals surface area (Å²) in [5.74, 6) is 0. The van der Waals surface area contributed by atoms with Gasteiger partial charge in [-0.3, -0.25) is 0 Å². The highest BCUT2D eigenvalue weighted by Crippen LogP contribution is 2.18. The van der Waals surface area contributed by atoms with Crippen molar-refractivity contribution in [3.63, 3.8) is 0 Å². The van der Waals surface area contributed by atoms with E-state index in [9.17, 15) is 0 Å². The van der Waals surface area contributed by atoms with Gasteiger partial charge in [-0.15, -0.1) is 0 Å². The molecule has 0 saturated heterocycles. The average Bonchev–Trinajstić information content (AvgIpc) is 2.90. The van der Waals surface area contributed by atoms with Crippen LogP contribution < -0.4 is 11.1 Å². The van der Waals surface area contributed by atoms with Gasteiger partial charge in [-0.2, -0.15) is 0 Å². The third-order valence-corrected chi connectivity index (χ3v) is 4.03. The lowest BCUT2D eigenvalue weighted by Crippen LogP contribution is -2.30. The number of hydrogen-bond donors (Lipinski definition) is 2. The van der Waals surface area contributed by atoms with Gasteiger partial charge in [0.1, 0.15) is 0 Å². The first-order valence-electron chi connectivity index (χ1n) is 7.84. The molecule has 0 spiro atoms. The van der Waals surface area contributed by atoms with Crippen LogP contribution in [0.5, 0.6) is 0 Å². The van der Waals surface area contributed by atoms with Crippen molar-refractivity contribution in [2.24, 2.45) is 0 Å². The lowest BCUT2D eigenvalue weighted by molar-refractivity contribution is 0.517. The second-order valence-electron chi connectivity index (χ2n) is 5.87. The molecule has 0 saturated carbocycles. The second-order valence-corrected chi connectivity index (χ2v) is 5.87. The van der Waals surface area contributed by atoms with E-state index in [2.05, 4.69) is 65.5 Å². The van der Waals surface area contributed by atoms with Crippen molar-refractivity contribution in [3.05, 3.63) is 66.4 Å². The standard InChI is InChI=1S/C19H23N3/c1-15(13-16-5-3-2-4-6-16)21-10-12-22-11-9-17-14-18(20)7-8-19(17)22/h2-9,11,14-15,21H,10,12-13,20H2,1H3. The van der Waals surface area contributed by atoms with Gasteiger partial charge in [-0.1, -0.05) is 30.3 Å². The number of anilines is 1. The molecule has 1 heterocycles. The van der Waals surface area contributed by atoms with Gasteiger partial charge >= 0.3 is 0 Å². The molecule has 1 atom stereocenters. The summed E-state index contributed by atoms with van der Waals surface area (Å²) in [5, 5.41) is 4.81. The van der Waals surface area contributed by atoms with E-state index in [4.69, 9.17) is 5.73 Å². The Morgan fingerprint density at radius 3 is 2.73 bits per heavy atom. The van der Waals surface area contributed by atoms with E-state index in [-0.39, 0.29) is 0 Å². The van der Waals surface area contributed by atoms with Crippen molar-refractivity contribution in [3.8, 4) is 0 Å². The highest BCUT2D eigenvalue weighted by molar-refractivity contribution is 5.83. The smallest absolute Gasteiger partial charge is 0.0482 e. The molecular formula is C19H23N3. The molecule has 22 heavy (non-hydrogen) atoms. The second kappa shape index (κ2) is 6.67. The molecule has 3 rings (SSSR count). The fraction of sp³-hybridized carbons (Fsp3) is 0.263. The van der Waals surface area contributed by atoms with Crippen LogP contribution in [0.4, 0.5) is 5.69 Å². The molecule has 1 aromatic heterocycles. The van der Waals surface area contributed by atoms with Crippen LogP contribution in [0.15, 0.2) is 60.8 Å². The summed E-state index contributed by atoms with van der Waals surface area (Å²) >= 11 is 0. The van der Waals surface area contributed by atoms with E-state index in [1.807, 2.05) is 12.1 Å². The van der Waals surface area contributed by atoms with Gasteiger partial charge in [0.15, 0.2) is 0 Å². The molecule has 0 bridgehead atoms. The molecule has 0 amide bonds. The van der Waals surface area contributed by atoms with E-state index in [0.717, 1.165) is 25.2 Å². The summed E-state index contributed by atoms with van der Waals surface area (Å²) in [6.45, 7) is 4.16. The van der Waals surface area contributed by atoms with Gasteiger partial charge in [0.05, 0.1) is 0 Å². The fourth-order valence-corrected chi connectivity index (χ4v) is 2.88. The van der Waals surface area contributed by atoms with Gasteiger partial charge in [0.25, 0.3) is 0 Å². The van der Waals surface area contributed by atoms with Crippen LogP contribution in [0.25, 0.3) is 10.9 Å². The van der Waals surface area contributed by atoms with Crippen molar-refractivity contribution in [1.82, 2.24) is 9.88 Å². The first-order chi connectivity index (χ1) is 10.7. The highest BCUT2D eigenvalue weighted by atomic mass is 15.0. The first-order valence-corrected chi connectivity index (χ1v) is 7.84. The molecule has 1 unspecified atom stereocenters. The molecule has 0 aliphatic heterocycles. The van der Waals surface area contributed by atoms with Crippen molar-refractivity contribution in [1.29, 1.82) is 0 Å². The van der Waals surface area contributed by atoms with Crippen LogP contribution in [-0.4, -0.2) is 17.2 Å². The average molecular weight is 293 g/mol. The Labute approximate surface area is 131 Å².